The van der Waals surface area contributed by atoms with Gasteiger partial charge in [0.05, 0.1) is 16.0 Å². The van der Waals surface area contributed by atoms with Gasteiger partial charge in [-0.2, -0.15) is 0 Å². The predicted octanol–water partition coefficient (Wildman–Crippen LogP) is 1.93. The van der Waals surface area contributed by atoms with E-state index in [1.807, 2.05) is 19.9 Å². The van der Waals surface area contributed by atoms with E-state index in [1.54, 1.807) is 19.2 Å². The maximum Gasteiger partial charge on any atom is 0.177 e. The van der Waals surface area contributed by atoms with Crippen molar-refractivity contribution < 1.29 is 13.2 Å². The number of H-pyrrole nitrogens is 1. The van der Waals surface area contributed by atoms with Crippen LogP contribution in [0.25, 0.3) is 11.0 Å². The third kappa shape index (κ3) is 2.96. The Bertz CT molecular complexity index is 702. The number of sulfone groups is 1. The van der Waals surface area contributed by atoms with Gasteiger partial charge < -0.3 is 9.72 Å². The van der Waals surface area contributed by atoms with E-state index in [-0.39, 0.29) is 10.5 Å². The van der Waals surface area contributed by atoms with Crippen LogP contribution in [-0.2, 0) is 21.0 Å². The van der Waals surface area contributed by atoms with Gasteiger partial charge >= 0.3 is 0 Å². The molecule has 5 nitrogen and oxygen atoms in total. The average molecular weight is 282 g/mol. The van der Waals surface area contributed by atoms with Crippen LogP contribution in [0.3, 0.4) is 0 Å². The van der Waals surface area contributed by atoms with Crippen LogP contribution in [0.15, 0.2) is 23.1 Å². The number of aromatic amines is 1. The van der Waals surface area contributed by atoms with Crippen molar-refractivity contribution in [2.24, 2.45) is 0 Å². The molecule has 6 heteroatoms. The van der Waals surface area contributed by atoms with E-state index in [0.717, 1.165) is 11.3 Å². The van der Waals surface area contributed by atoms with Crippen molar-refractivity contribution in [1.29, 1.82) is 0 Å². The fourth-order valence-electron chi connectivity index (χ4n) is 1.92. The Kier molecular flexibility index (Phi) is 3.40. The van der Waals surface area contributed by atoms with Gasteiger partial charge in [-0.25, -0.2) is 13.4 Å². The standard InChI is InChI=1S/C13H18N2O3S/c1-13(2,18-3)8-11-14-9-6-5-7-10(12(9)15-11)19(4,16)17/h5-7H,8H2,1-4H3,(H,14,15). The highest BCUT2D eigenvalue weighted by atomic mass is 32.2. The summed E-state index contributed by atoms with van der Waals surface area (Å²) in [6.45, 7) is 3.91. The molecule has 0 spiro atoms. The van der Waals surface area contributed by atoms with Crippen LogP contribution < -0.4 is 0 Å². The zero-order valence-corrected chi connectivity index (χ0v) is 12.3. The summed E-state index contributed by atoms with van der Waals surface area (Å²) in [5.74, 6) is 0.720. The molecule has 0 aliphatic heterocycles. The Hall–Kier alpha value is -1.40. The molecular weight excluding hydrogens is 264 g/mol. The molecule has 0 fully saturated rings. The smallest absolute Gasteiger partial charge is 0.177 e. The van der Waals surface area contributed by atoms with Gasteiger partial charge in [0.1, 0.15) is 11.3 Å². The summed E-state index contributed by atoms with van der Waals surface area (Å²) in [4.78, 5) is 7.79. The van der Waals surface area contributed by atoms with Gasteiger partial charge in [-0.05, 0) is 26.0 Å². The lowest BCUT2D eigenvalue weighted by molar-refractivity contribution is 0.0218. The average Bonchev–Trinajstić information content (AvgIpc) is 2.68. The second-order valence-corrected chi connectivity index (χ2v) is 7.23. The Morgan fingerprint density at radius 2 is 2.05 bits per heavy atom. The number of benzene rings is 1. The van der Waals surface area contributed by atoms with Crippen molar-refractivity contribution in [2.75, 3.05) is 13.4 Å². The summed E-state index contributed by atoms with van der Waals surface area (Å²) in [7, 11) is -1.64. The molecule has 0 aliphatic carbocycles. The number of methoxy groups -OCH3 is 1. The monoisotopic (exact) mass is 282 g/mol. The van der Waals surface area contributed by atoms with Crippen molar-refractivity contribution in [3.63, 3.8) is 0 Å². The van der Waals surface area contributed by atoms with E-state index in [2.05, 4.69) is 9.97 Å². The van der Waals surface area contributed by atoms with Gasteiger partial charge in [-0.1, -0.05) is 6.07 Å². The maximum atomic E-state index is 11.7. The molecule has 0 saturated carbocycles. The molecule has 0 radical (unpaired) electrons. The van der Waals surface area contributed by atoms with Crippen molar-refractivity contribution >= 4 is 20.9 Å². The van der Waals surface area contributed by atoms with Crippen molar-refractivity contribution in [2.45, 2.75) is 30.8 Å². The second-order valence-electron chi connectivity index (χ2n) is 5.25. The van der Waals surface area contributed by atoms with Crippen molar-refractivity contribution in [3.05, 3.63) is 24.0 Å². The zero-order valence-electron chi connectivity index (χ0n) is 11.5. The number of hydrogen-bond donors (Lipinski definition) is 1. The molecule has 19 heavy (non-hydrogen) atoms. The Balaban J connectivity index is 2.53. The number of para-hydroxylation sites is 1. The minimum absolute atomic E-state index is 0.253. The molecule has 0 amide bonds. The quantitative estimate of drug-likeness (QED) is 0.930. The minimum atomic E-state index is -3.28. The number of imidazole rings is 1. The van der Waals surface area contributed by atoms with Gasteiger partial charge in [0, 0.05) is 19.8 Å². The molecule has 2 aromatic rings. The molecule has 2 rings (SSSR count). The summed E-state index contributed by atoms with van der Waals surface area (Å²) < 4.78 is 28.8. The molecule has 1 aromatic heterocycles. The first-order chi connectivity index (χ1) is 8.73. The summed E-state index contributed by atoms with van der Waals surface area (Å²) >= 11 is 0. The largest absolute Gasteiger partial charge is 0.378 e. The third-order valence-electron chi connectivity index (χ3n) is 3.07. The summed E-state index contributed by atoms with van der Waals surface area (Å²) in [5, 5.41) is 0. The van der Waals surface area contributed by atoms with Crippen molar-refractivity contribution in [3.8, 4) is 0 Å². The highest BCUT2D eigenvalue weighted by Crippen LogP contribution is 2.23. The number of ether oxygens (including phenoxy) is 1. The van der Waals surface area contributed by atoms with Gasteiger partial charge in [0.2, 0.25) is 0 Å². The lowest BCUT2D eigenvalue weighted by Crippen LogP contribution is -2.26. The van der Waals surface area contributed by atoms with Crippen LogP contribution in [0.1, 0.15) is 19.7 Å². The fraction of sp³-hybridized carbons (Fsp3) is 0.462. The molecule has 1 heterocycles. The molecular formula is C13H18N2O3S. The third-order valence-corrected chi connectivity index (χ3v) is 4.20. The Labute approximate surface area is 112 Å². The second kappa shape index (κ2) is 4.61. The fourth-order valence-corrected chi connectivity index (χ4v) is 2.75. The van der Waals surface area contributed by atoms with Crippen LogP contribution >= 0.6 is 0 Å². The zero-order chi connectivity index (χ0) is 14.3. The lowest BCUT2D eigenvalue weighted by Gasteiger charge is -2.21. The molecule has 104 valence electrons. The predicted molar refractivity (Wildman–Crippen MR) is 74.0 cm³/mol. The molecule has 0 aliphatic rings. The number of nitrogens with one attached hydrogen (secondary N) is 1. The molecule has 0 unspecified atom stereocenters. The number of rotatable bonds is 4. The van der Waals surface area contributed by atoms with E-state index >= 15 is 0 Å². The maximum absolute atomic E-state index is 11.7. The van der Waals surface area contributed by atoms with E-state index in [4.69, 9.17) is 4.74 Å². The molecule has 1 N–H and O–H groups in total. The van der Waals surface area contributed by atoms with Gasteiger partial charge in [0.25, 0.3) is 0 Å². The van der Waals surface area contributed by atoms with Gasteiger partial charge in [0.15, 0.2) is 9.84 Å². The number of hydrogen-bond acceptors (Lipinski definition) is 4. The number of aromatic nitrogens is 2. The van der Waals surface area contributed by atoms with Crippen LogP contribution in [0.5, 0.6) is 0 Å². The number of fused-ring (bicyclic) bond motifs is 1. The van der Waals surface area contributed by atoms with E-state index in [0.29, 0.717) is 11.9 Å². The Morgan fingerprint density at radius 3 is 2.63 bits per heavy atom. The molecule has 0 bridgehead atoms. The first-order valence-electron chi connectivity index (χ1n) is 5.96. The number of nitrogens with zero attached hydrogens (tertiary/aromatic N) is 1. The van der Waals surface area contributed by atoms with Crippen molar-refractivity contribution in [1.82, 2.24) is 9.97 Å². The molecule has 0 atom stereocenters. The topological polar surface area (TPSA) is 72.0 Å². The van der Waals surface area contributed by atoms with Crippen LogP contribution in [-0.4, -0.2) is 37.4 Å². The van der Waals surface area contributed by atoms with E-state index in [1.165, 1.54) is 6.26 Å². The minimum Gasteiger partial charge on any atom is -0.378 e. The summed E-state index contributed by atoms with van der Waals surface area (Å²) in [6.07, 6.45) is 1.77. The van der Waals surface area contributed by atoms with Crippen LogP contribution in [0, 0.1) is 0 Å². The summed E-state index contributed by atoms with van der Waals surface area (Å²) in [6, 6.07) is 5.10. The molecule has 1 aromatic carbocycles. The van der Waals surface area contributed by atoms with Crippen LogP contribution in [0.2, 0.25) is 0 Å². The Morgan fingerprint density at radius 1 is 1.37 bits per heavy atom. The van der Waals surface area contributed by atoms with E-state index in [9.17, 15) is 8.42 Å². The van der Waals surface area contributed by atoms with Gasteiger partial charge in [-0.3, -0.25) is 0 Å². The highest BCUT2D eigenvalue weighted by molar-refractivity contribution is 7.91. The normalized spacial score (nSPS) is 13.1. The first kappa shape index (κ1) is 14.0. The highest BCUT2D eigenvalue weighted by Gasteiger charge is 2.21. The lowest BCUT2D eigenvalue weighted by atomic mass is 10.1. The van der Waals surface area contributed by atoms with E-state index < -0.39 is 9.84 Å². The van der Waals surface area contributed by atoms with Gasteiger partial charge in [-0.15, -0.1) is 0 Å². The first-order valence-corrected chi connectivity index (χ1v) is 7.85. The van der Waals surface area contributed by atoms with Crippen LogP contribution in [0.4, 0.5) is 0 Å². The SMILES string of the molecule is COC(C)(C)Cc1nc2c(S(C)(=O)=O)cccc2[nH]1. The molecule has 0 saturated heterocycles. The summed E-state index contributed by atoms with van der Waals surface area (Å²) in [5.41, 5.74) is 0.871.